The number of nitrogens with one attached hydrogen (secondary N) is 1. The van der Waals surface area contributed by atoms with E-state index in [1.165, 1.54) is 11.8 Å². The number of hydrogen-bond acceptors (Lipinski definition) is 6. The van der Waals surface area contributed by atoms with Gasteiger partial charge in [0.05, 0.1) is 11.3 Å². The summed E-state index contributed by atoms with van der Waals surface area (Å²) in [5.41, 5.74) is 3.33. The van der Waals surface area contributed by atoms with Gasteiger partial charge in [0, 0.05) is 34.8 Å². The summed E-state index contributed by atoms with van der Waals surface area (Å²) < 4.78 is 6.46. The Balaban J connectivity index is 1.51. The number of hydrogen-bond donors (Lipinski definition) is 1. The van der Waals surface area contributed by atoms with Crippen LogP contribution in [0.2, 0.25) is 0 Å². The van der Waals surface area contributed by atoms with Gasteiger partial charge >= 0.3 is 0 Å². The van der Waals surface area contributed by atoms with E-state index >= 15 is 0 Å². The van der Waals surface area contributed by atoms with Crippen molar-refractivity contribution in [3.05, 3.63) is 66.5 Å². The van der Waals surface area contributed by atoms with Crippen LogP contribution in [-0.2, 0) is 4.79 Å². The van der Waals surface area contributed by atoms with Crippen LogP contribution in [0.5, 0.6) is 11.6 Å². The van der Waals surface area contributed by atoms with Crippen LogP contribution in [0.3, 0.4) is 0 Å². The zero-order chi connectivity index (χ0) is 24.4. The molecule has 0 spiro atoms. The molecule has 1 N–H and O–H groups in total. The highest BCUT2D eigenvalue weighted by molar-refractivity contribution is 7.98. The third-order valence-corrected chi connectivity index (χ3v) is 7.16. The average molecular weight is 485 g/mol. The highest BCUT2D eigenvalue weighted by atomic mass is 32.2. The van der Waals surface area contributed by atoms with Gasteiger partial charge in [0.15, 0.2) is 5.16 Å². The lowest BCUT2D eigenvalue weighted by atomic mass is 10.0. The van der Waals surface area contributed by atoms with Crippen LogP contribution in [0, 0.1) is 18.8 Å². The molecule has 1 aliphatic carbocycles. The van der Waals surface area contributed by atoms with Gasteiger partial charge in [0.1, 0.15) is 5.75 Å². The fourth-order valence-corrected chi connectivity index (χ4v) is 5.07. The van der Waals surface area contributed by atoms with Crippen LogP contribution >= 0.6 is 11.8 Å². The van der Waals surface area contributed by atoms with Crippen LogP contribution in [0.1, 0.15) is 31.7 Å². The first-order chi connectivity index (χ1) is 17.0. The van der Waals surface area contributed by atoms with E-state index in [2.05, 4.69) is 27.2 Å². The van der Waals surface area contributed by atoms with Gasteiger partial charge in [-0.3, -0.25) is 4.79 Å². The summed E-state index contributed by atoms with van der Waals surface area (Å²) in [6.45, 7) is 4.23. The molecule has 1 aliphatic rings. The minimum Gasteiger partial charge on any atom is -0.437 e. The molecule has 0 bridgehead atoms. The molecule has 2 unspecified atom stereocenters. The molecule has 2 aromatic heterocycles. The first-order valence-electron chi connectivity index (χ1n) is 11.9. The molecule has 35 heavy (non-hydrogen) atoms. The first kappa shape index (κ1) is 23.3. The van der Waals surface area contributed by atoms with Crippen LogP contribution in [0.25, 0.3) is 22.0 Å². The highest BCUT2D eigenvalue weighted by Gasteiger charge is 2.27. The summed E-state index contributed by atoms with van der Waals surface area (Å²) in [5.74, 6) is 1.98. The lowest BCUT2D eigenvalue weighted by molar-refractivity contribution is -0.119. The number of ether oxygens (including phenoxy) is 1. The second kappa shape index (κ2) is 10.0. The van der Waals surface area contributed by atoms with Gasteiger partial charge in [0.25, 0.3) is 0 Å². The Morgan fingerprint density at radius 3 is 2.71 bits per heavy atom. The molecule has 4 aromatic rings. The molecule has 5 rings (SSSR count). The molecular weight excluding hydrogens is 456 g/mol. The molecule has 178 valence electrons. The van der Waals surface area contributed by atoms with Crippen molar-refractivity contribution >= 4 is 34.1 Å². The highest BCUT2D eigenvalue weighted by Crippen LogP contribution is 2.39. The quantitative estimate of drug-likeness (QED) is 0.237. The zero-order valence-electron chi connectivity index (χ0n) is 20.1. The number of thioether (sulfide) groups is 1. The number of carbonyl (C=O) groups excluding carboxylic acids is 1. The van der Waals surface area contributed by atoms with Gasteiger partial charge in [-0.15, -0.1) is 0 Å². The van der Waals surface area contributed by atoms with E-state index in [9.17, 15) is 4.79 Å². The Morgan fingerprint density at radius 2 is 1.91 bits per heavy atom. The van der Waals surface area contributed by atoms with E-state index in [-0.39, 0.29) is 11.8 Å². The fraction of sp³-hybridized carbons (Fsp3) is 0.286. The SMILES string of the molecule is CSc1nccc(-c2cccnc2Oc2c(C)ccc3c(NC(=O)C4CCC(C)C4)cccc23)n1. The van der Waals surface area contributed by atoms with E-state index in [4.69, 9.17) is 4.74 Å². The average Bonchev–Trinajstić information content (AvgIpc) is 3.32. The number of rotatable bonds is 6. The zero-order valence-corrected chi connectivity index (χ0v) is 20.9. The van der Waals surface area contributed by atoms with Crippen LogP contribution in [-0.4, -0.2) is 27.1 Å². The van der Waals surface area contributed by atoms with E-state index in [0.717, 1.165) is 52.5 Å². The lowest BCUT2D eigenvalue weighted by Crippen LogP contribution is -2.20. The molecule has 7 heteroatoms. The standard InChI is InChI=1S/C28H28N4O2S/c1-17-9-11-19(16-17)26(33)31-23-8-4-6-21-20(23)12-10-18(2)25(21)34-27-22(7-5-14-29-27)24-13-15-30-28(32-24)35-3/h4-8,10,12-15,17,19H,9,11,16H2,1-3H3,(H,31,33). The van der Waals surface area contributed by atoms with Gasteiger partial charge in [-0.1, -0.05) is 43.0 Å². The molecule has 2 aromatic carbocycles. The number of nitrogens with zero attached hydrogens (tertiary/aromatic N) is 3. The Kier molecular flexibility index (Phi) is 6.68. The van der Waals surface area contributed by atoms with Gasteiger partial charge < -0.3 is 10.1 Å². The van der Waals surface area contributed by atoms with E-state index in [1.54, 1.807) is 12.4 Å². The number of pyridine rings is 1. The number of anilines is 1. The van der Waals surface area contributed by atoms with Crippen molar-refractivity contribution in [3.8, 4) is 22.9 Å². The van der Waals surface area contributed by atoms with Crippen LogP contribution < -0.4 is 10.1 Å². The molecule has 1 saturated carbocycles. The van der Waals surface area contributed by atoms with Gasteiger partial charge in [-0.25, -0.2) is 15.0 Å². The van der Waals surface area contributed by atoms with E-state index in [0.29, 0.717) is 22.7 Å². The molecular formula is C28H28N4O2S. The summed E-state index contributed by atoms with van der Waals surface area (Å²) in [7, 11) is 0. The minimum atomic E-state index is 0.0801. The molecule has 2 atom stereocenters. The number of benzene rings is 2. The largest absolute Gasteiger partial charge is 0.437 e. The van der Waals surface area contributed by atoms with Crippen molar-refractivity contribution in [1.29, 1.82) is 0 Å². The third kappa shape index (κ3) is 4.86. The second-order valence-electron chi connectivity index (χ2n) is 9.10. The Bertz CT molecular complexity index is 1390. The van der Waals surface area contributed by atoms with Crippen molar-refractivity contribution < 1.29 is 9.53 Å². The van der Waals surface area contributed by atoms with Crippen LogP contribution in [0.15, 0.2) is 66.1 Å². The number of aromatic nitrogens is 3. The molecule has 6 nitrogen and oxygen atoms in total. The van der Waals surface area contributed by atoms with Crippen molar-refractivity contribution in [3.63, 3.8) is 0 Å². The summed E-state index contributed by atoms with van der Waals surface area (Å²) in [6, 6.07) is 15.7. The smallest absolute Gasteiger partial charge is 0.228 e. The van der Waals surface area contributed by atoms with Crippen molar-refractivity contribution in [2.75, 3.05) is 11.6 Å². The molecule has 1 fully saturated rings. The first-order valence-corrected chi connectivity index (χ1v) is 13.1. The van der Waals surface area contributed by atoms with Gasteiger partial charge in [-0.2, -0.15) is 0 Å². The number of amides is 1. The van der Waals surface area contributed by atoms with Crippen LogP contribution in [0.4, 0.5) is 5.69 Å². The summed E-state index contributed by atoms with van der Waals surface area (Å²) in [4.78, 5) is 26.4. The van der Waals surface area contributed by atoms with Crippen molar-refractivity contribution in [1.82, 2.24) is 15.0 Å². The predicted octanol–water partition coefficient (Wildman–Crippen LogP) is 6.89. The fourth-order valence-electron chi connectivity index (χ4n) is 4.72. The van der Waals surface area contributed by atoms with E-state index in [1.807, 2.05) is 61.7 Å². The molecule has 0 radical (unpaired) electrons. The normalized spacial score (nSPS) is 17.5. The Morgan fingerprint density at radius 1 is 1.03 bits per heavy atom. The maximum absolute atomic E-state index is 12.9. The number of carbonyl (C=O) groups is 1. The van der Waals surface area contributed by atoms with E-state index < -0.39 is 0 Å². The maximum atomic E-state index is 12.9. The predicted molar refractivity (Wildman–Crippen MR) is 141 cm³/mol. The third-order valence-electron chi connectivity index (χ3n) is 6.59. The summed E-state index contributed by atoms with van der Waals surface area (Å²) in [6.07, 6.45) is 8.42. The Hall–Kier alpha value is -3.45. The molecule has 0 aliphatic heterocycles. The molecule has 0 saturated heterocycles. The Labute approximate surface area is 209 Å². The maximum Gasteiger partial charge on any atom is 0.228 e. The van der Waals surface area contributed by atoms with Crippen molar-refractivity contribution in [2.45, 2.75) is 38.3 Å². The minimum absolute atomic E-state index is 0.0801. The number of aryl methyl sites for hydroxylation is 1. The summed E-state index contributed by atoms with van der Waals surface area (Å²) in [5, 5.41) is 5.73. The van der Waals surface area contributed by atoms with Crippen molar-refractivity contribution in [2.24, 2.45) is 11.8 Å². The number of fused-ring (bicyclic) bond motifs is 1. The topological polar surface area (TPSA) is 77.0 Å². The monoisotopic (exact) mass is 484 g/mol. The second-order valence-corrected chi connectivity index (χ2v) is 9.88. The molecule has 1 amide bonds. The molecule has 2 heterocycles. The van der Waals surface area contributed by atoms with Gasteiger partial charge in [0.2, 0.25) is 11.8 Å². The summed E-state index contributed by atoms with van der Waals surface area (Å²) >= 11 is 1.49. The van der Waals surface area contributed by atoms with Gasteiger partial charge in [-0.05, 0) is 68.2 Å². The lowest BCUT2D eigenvalue weighted by Gasteiger charge is -2.17.